The van der Waals surface area contributed by atoms with Crippen LogP contribution in [0.15, 0.2) is 47.4 Å². The van der Waals surface area contributed by atoms with Crippen LogP contribution < -0.4 is 10.7 Å². The van der Waals surface area contributed by atoms with Crippen LogP contribution in [0.2, 0.25) is 5.02 Å². The van der Waals surface area contributed by atoms with Crippen LogP contribution in [0, 0.1) is 0 Å². The van der Waals surface area contributed by atoms with Crippen LogP contribution in [0.4, 0.5) is 5.69 Å². The van der Waals surface area contributed by atoms with Gasteiger partial charge in [0.1, 0.15) is 5.56 Å². The molecule has 146 valence electrons. The largest absolute Gasteiger partial charge is 0.477 e. The summed E-state index contributed by atoms with van der Waals surface area (Å²) in [5, 5.41) is 13.4. The highest BCUT2D eigenvalue weighted by molar-refractivity contribution is 6.35. The van der Waals surface area contributed by atoms with E-state index >= 15 is 0 Å². The summed E-state index contributed by atoms with van der Waals surface area (Å²) in [4.78, 5) is 26.8. The molecule has 0 radical (unpaired) electrons. The van der Waals surface area contributed by atoms with Crippen molar-refractivity contribution < 1.29 is 9.90 Å². The molecule has 0 unspecified atom stereocenters. The zero-order chi connectivity index (χ0) is 20.1. The molecule has 0 saturated heterocycles. The molecule has 1 heterocycles. The Balaban J connectivity index is 1.78. The molecule has 3 N–H and O–H groups in total. The van der Waals surface area contributed by atoms with Gasteiger partial charge in [0.25, 0.3) is 0 Å². The fourth-order valence-electron chi connectivity index (χ4n) is 3.35. The molecule has 0 spiro atoms. The van der Waals surface area contributed by atoms with Gasteiger partial charge in [0.2, 0.25) is 5.43 Å². The van der Waals surface area contributed by atoms with Gasteiger partial charge in [0, 0.05) is 18.1 Å². The van der Waals surface area contributed by atoms with Gasteiger partial charge >= 0.3 is 5.97 Å². The van der Waals surface area contributed by atoms with Crippen LogP contribution in [0.1, 0.15) is 41.3 Å². The standard InChI is InChI=1S/C22H23ClN2O3/c1-2-15-19(23)18(24-11-7-6-10-14-8-4-3-5-9-14)12-16-20(15)25-13-17(21(16)26)22(27)28/h3-5,8-9,12-13,24H,2,6-7,10-11H2,1H3,(H,25,26)(H,27,28). The first kappa shape index (κ1) is 20.0. The van der Waals surface area contributed by atoms with Crippen molar-refractivity contribution in [2.24, 2.45) is 0 Å². The van der Waals surface area contributed by atoms with E-state index in [1.54, 1.807) is 6.07 Å². The fraction of sp³-hybridized carbons (Fsp3) is 0.273. The molecule has 0 amide bonds. The smallest absolute Gasteiger partial charge is 0.341 e. The van der Waals surface area contributed by atoms with E-state index < -0.39 is 11.4 Å². The number of halogens is 1. The van der Waals surface area contributed by atoms with Crippen LogP contribution >= 0.6 is 11.6 Å². The number of hydrogen-bond acceptors (Lipinski definition) is 3. The van der Waals surface area contributed by atoms with Crippen molar-refractivity contribution in [3.05, 3.63) is 74.5 Å². The number of unbranched alkanes of at least 4 members (excludes halogenated alkanes) is 1. The molecule has 5 nitrogen and oxygen atoms in total. The Kier molecular flexibility index (Phi) is 6.37. The summed E-state index contributed by atoms with van der Waals surface area (Å²) in [6, 6.07) is 12.0. The number of aryl methyl sites for hydroxylation is 2. The van der Waals surface area contributed by atoms with E-state index in [9.17, 15) is 14.7 Å². The van der Waals surface area contributed by atoms with Crippen molar-refractivity contribution in [3.63, 3.8) is 0 Å². The third-order valence-corrected chi connectivity index (χ3v) is 5.28. The van der Waals surface area contributed by atoms with Gasteiger partial charge in [-0.05, 0) is 42.9 Å². The number of aromatic amines is 1. The number of pyridine rings is 1. The summed E-state index contributed by atoms with van der Waals surface area (Å²) in [6.45, 7) is 2.67. The molecule has 1 aromatic heterocycles. The summed E-state index contributed by atoms with van der Waals surface area (Å²) in [5.41, 5.74) is 2.61. The number of rotatable bonds is 8. The predicted molar refractivity (Wildman–Crippen MR) is 114 cm³/mol. The van der Waals surface area contributed by atoms with Crippen molar-refractivity contribution in [2.75, 3.05) is 11.9 Å². The molecule has 3 aromatic rings. The van der Waals surface area contributed by atoms with Gasteiger partial charge in [-0.25, -0.2) is 4.79 Å². The highest BCUT2D eigenvalue weighted by Crippen LogP contribution is 2.32. The Hall–Kier alpha value is -2.79. The predicted octanol–water partition coefficient (Wildman–Crippen LogP) is 4.88. The molecule has 0 fully saturated rings. The van der Waals surface area contributed by atoms with Gasteiger partial charge in [-0.2, -0.15) is 0 Å². The van der Waals surface area contributed by atoms with E-state index in [2.05, 4.69) is 22.4 Å². The highest BCUT2D eigenvalue weighted by atomic mass is 35.5. The quantitative estimate of drug-likeness (QED) is 0.472. The number of hydrogen-bond donors (Lipinski definition) is 3. The lowest BCUT2D eigenvalue weighted by molar-refractivity contribution is 0.0695. The molecule has 0 aliphatic rings. The van der Waals surface area contributed by atoms with Crippen molar-refractivity contribution in [1.29, 1.82) is 0 Å². The highest BCUT2D eigenvalue weighted by Gasteiger charge is 2.17. The summed E-state index contributed by atoms with van der Waals surface area (Å²) in [6.07, 6.45) is 4.86. The van der Waals surface area contributed by atoms with Gasteiger partial charge in [-0.3, -0.25) is 4.79 Å². The number of carbonyl (C=O) groups is 1. The van der Waals surface area contributed by atoms with Gasteiger partial charge < -0.3 is 15.4 Å². The summed E-state index contributed by atoms with van der Waals surface area (Å²) in [7, 11) is 0. The molecule has 28 heavy (non-hydrogen) atoms. The lowest BCUT2D eigenvalue weighted by Crippen LogP contribution is -2.16. The maximum absolute atomic E-state index is 12.6. The third-order valence-electron chi connectivity index (χ3n) is 4.85. The van der Waals surface area contributed by atoms with E-state index in [-0.39, 0.29) is 5.56 Å². The Morgan fingerprint density at radius 2 is 1.96 bits per heavy atom. The first-order valence-electron chi connectivity index (χ1n) is 9.40. The first-order chi connectivity index (χ1) is 13.5. The second-order valence-corrected chi connectivity index (χ2v) is 7.08. The van der Waals surface area contributed by atoms with E-state index in [1.807, 2.05) is 25.1 Å². The van der Waals surface area contributed by atoms with Crippen LogP contribution in [-0.4, -0.2) is 22.6 Å². The first-order valence-corrected chi connectivity index (χ1v) is 9.78. The van der Waals surface area contributed by atoms with Crippen molar-refractivity contribution in [1.82, 2.24) is 4.98 Å². The molecular weight excluding hydrogens is 376 g/mol. The van der Waals surface area contributed by atoms with E-state index in [0.717, 1.165) is 31.4 Å². The van der Waals surface area contributed by atoms with Gasteiger partial charge in [0.15, 0.2) is 0 Å². The van der Waals surface area contributed by atoms with E-state index in [4.69, 9.17) is 11.6 Å². The molecule has 0 bridgehead atoms. The Labute approximate surface area is 168 Å². The summed E-state index contributed by atoms with van der Waals surface area (Å²) >= 11 is 6.55. The summed E-state index contributed by atoms with van der Waals surface area (Å²) < 4.78 is 0. The Morgan fingerprint density at radius 3 is 2.64 bits per heavy atom. The van der Waals surface area contributed by atoms with Crippen LogP contribution in [-0.2, 0) is 12.8 Å². The van der Waals surface area contributed by atoms with Crippen LogP contribution in [0.5, 0.6) is 0 Å². The van der Waals surface area contributed by atoms with Crippen LogP contribution in [0.25, 0.3) is 10.9 Å². The summed E-state index contributed by atoms with van der Waals surface area (Å²) in [5.74, 6) is -1.24. The second-order valence-electron chi connectivity index (χ2n) is 6.70. The minimum atomic E-state index is -1.24. The molecule has 0 atom stereocenters. The Bertz CT molecular complexity index is 1050. The zero-order valence-corrected chi connectivity index (χ0v) is 16.5. The van der Waals surface area contributed by atoms with Crippen molar-refractivity contribution in [3.8, 4) is 0 Å². The van der Waals surface area contributed by atoms with Gasteiger partial charge in [0.05, 0.1) is 16.2 Å². The third kappa shape index (κ3) is 4.20. The fourth-order valence-corrected chi connectivity index (χ4v) is 3.70. The number of H-pyrrole nitrogens is 1. The van der Waals surface area contributed by atoms with Crippen LogP contribution in [0.3, 0.4) is 0 Å². The lowest BCUT2D eigenvalue weighted by atomic mass is 10.0. The number of aromatic carboxylic acids is 1. The van der Waals surface area contributed by atoms with Crippen molar-refractivity contribution >= 4 is 34.2 Å². The minimum absolute atomic E-state index is 0.273. The van der Waals surface area contributed by atoms with E-state index in [1.165, 1.54) is 11.8 Å². The number of fused-ring (bicyclic) bond motifs is 1. The average Bonchev–Trinajstić information content (AvgIpc) is 2.69. The molecule has 0 aliphatic heterocycles. The molecule has 0 saturated carbocycles. The normalized spacial score (nSPS) is 10.9. The van der Waals surface area contributed by atoms with E-state index in [0.29, 0.717) is 28.0 Å². The molecule has 2 aromatic carbocycles. The minimum Gasteiger partial charge on any atom is -0.477 e. The molecule has 6 heteroatoms. The monoisotopic (exact) mass is 398 g/mol. The zero-order valence-electron chi connectivity index (χ0n) is 15.7. The maximum Gasteiger partial charge on any atom is 0.341 e. The van der Waals surface area contributed by atoms with Gasteiger partial charge in [-0.1, -0.05) is 48.9 Å². The van der Waals surface area contributed by atoms with Crippen molar-refractivity contribution in [2.45, 2.75) is 32.6 Å². The molecule has 3 rings (SSSR count). The SMILES string of the molecule is CCc1c(Cl)c(NCCCCc2ccccc2)cc2c(=O)c(C(=O)O)c[nH]c12. The second kappa shape index (κ2) is 8.93. The maximum atomic E-state index is 12.6. The average molecular weight is 399 g/mol. The number of nitrogens with one attached hydrogen (secondary N) is 2. The number of benzene rings is 2. The Morgan fingerprint density at radius 1 is 1.21 bits per heavy atom. The number of carboxylic acid groups (broad SMARTS) is 1. The molecule has 0 aliphatic carbocycles. The topological polar surface area (TPSA) is 82.2 Å². The molecular formula is C22H23ClN2O3. The number of anilines is 1. The number of carboxylic acids is 1. The number of aromatic nitrogens is 1. The van der Waals surface area contributed by atoms with Gasteiger partial charge in [-0.15, -0.1) is 0 Å². The lowest BCUT2D eigenvalue weighted by Gasteiger charge is -2.14.